The van der Waals surface area contributed by atoms with Crippen molar-refractivity contribution in [3.63, 3.8) is 0 Å². The molecule has 1 amide bonds. The van der Waals surface area contributed by atoms with Crippen molar-refractivity contribution in [3.05, 3.63) is 35.9 Å². The van der Waals surface area contributed by atoms with Crippen LogP contribution in [0.2, 0.25) is 0 Å². The molecule has 2 heteroatoms. The predicted molar refractivity (Wildman–Crippen MR) is 71.7 cm³/mol. The number of rotatable bonds is 2. The minimum absolute atomic E-state index is 0.00870. The lowest BCUT2D eigenvalue weighted by Crippen LogP contribution is -2.29. The van der Waals surface area contributed by atoms with E-state index in [1.54, 1.807) is 12.1 Å². The van der Waals surface area contributed by atoms with Gasteiger partial charge in [-0.25, -0.2) is 0 Å². The summed E-state index contributed by atoms with van der Waals surface area (Å²) in [6.07, 6.45) is 0. The topological polar surface area (TPSA) is 29.1 Å². The summed E-state index contributed by atoms with van der Waals surface area (Å²) in [6, 6.07) is 9.41. The van der Waals surface area contributed by atoms with E-state index in [-0.39, 0.29) is 11.9 Å². The molecule has 1 rings (SSSR count). The van der Waals surface area contributed by atoms with Gasteiger partial charge in [-0.3, -0.25) is 4.79 Å². The first-order valence-electron chi connectivity index (χ1n) is 6.06. The Hall–Kier alpha value is -1.31. The Morgan fingerprint density at radius 2 is 1.44 bits per heavy atom. The van der Waals surface area contributed by atoms with E-state index in [1.807, 2.05) is 59.7 Å². The number of carbonyl (C=O) groups excluding carboxylic acids is 1. The average molecular weight is 223 g/mol. The molecule has 0 atom stereocenters. The quantitative estimate of drug-likeness (QED) is 0.810. The molecule has 92 valence electrons. The standard InChI is InChI=1S/C10H13NO.2C2H6/c1-8(2)11-10(12)9-6-4-3-5-7-9;2*1-2/h3-8H,1-2H3,(H,11,12);2*1-2H3. The molecule has 1 N–H and O–H groups in total. The van der Waals surface area contributed by atoms with Gasteiger partial charge in [0.1, 0.15) is 0 Å². The van der Waals surface area contributed by atoms with Crippen LogP contribution in [0, 0.1) is 0 Å². The van der Waals surface area contributed by atoms with Gasteiger partial charge in [0, 0.05) is 11.6 Å². The Bertz CT molecular complexity index is 255. The van der Waals surface area contributed by atoms with Gasteiger partial charge in [0.25, 0.3) is 5.91 Å². The fourth-order valence-electron chi connectivity index (χ4n) is 0.935. The first-order valence-corrected chi connectivity index (χ1v) is 6.06. The Kier molecular flexibility index (Phi) is 12.6. The molecule has 0 heterocycles. The lowest BCUT2D eigenvalue weighted by molar-refractivity contribution is 0.0943. The van der Waals surface area contributed by atoms with Crippen LogP contribution in [0.3, 0.4) is 0 Å². The van der Waals surface area contributed by atoms with Gasteiger partial charge >= 0.3 is 0 Å². The molecule has 1 aromatic carbocycles. The number of amides is 1. The van der Waals surface area contributed by atoms with E-state index in [1.165, 1.54) is 0 Å². The van der Waals surface area contributed by atoms with Gasteiger partial charge in [0.2, 0.25) is 0 Å². The molecule has 0 spiro atoms. The Morgan fingerprint density at radius 1 is 1.00 bits per heavy atom. The van der Waals surface area contributed by atoms with Crippen LogP contribution in [0.25, 0.3) is 0 Å². The molecule has 0 saturated carbocycles. The van der Waals surface area contributed by atoms with Crippen molar-refractivity contribution >= 4 is 5.91 Å². The summed E-state index contributed by atoms with van der Waals surface area (Å²) in [5.74, 6) is -0.00870. The van der Waals surface area contributed by atoms with Crippen LogP contribution in [0.5, 0.6) is 0 Å². The van der Waals surface area contributed by atoms with Crippen LogP contribution in [0.15, 0.2) is 30.3 Å². The fraction of sp³-hybridized carbons (Fsp3) is 0.500. The molecule has 2 nitrogen and oxygen atoms in total. The Balaban J connectivity index is 0. The van der Waals surface area contributed by atoms with Crippen LogP contribution >= 0.6 is 0 Å². The second-order valence-corrected chi connectivity index (χ2v) is 2.99. The second kappa shape index (κ2) is 11.8. The summed E-state index contributed by atoms with van der Waals surface area (Å²) in [4.78, 5) is 11.3. The molecule has 0 saturated heterocycles. The second-order valence-electron chi connectivity index (χ2n) is 2.99. The summed E-state index contributed by atoms with van der Waals surface area (Å²) < 4.78 is 0. The van der Waals surface area contributed by atoms with Crippen molar-refractivity contribution in [2.75, 3.05) is 0 Å². The molecule has 0 aliphatic carbocycles. The average Bonchev–Trinajstić information content (AvgIpc) is 2.34. The summed E-state index contributed by atoms with van der Waals surface area (Å²) in [7, 11) is 0. The lowest BCUT2D eigenvalue weighted by Gasteiger charge is -2.07. The highest BCUT2D eigenvalue weighted by Gasteiger charge is 2.04. The first kappa shape index (κ1) is 17.1. The summed E-state index contributed by atoms with van der Waals surface area (Å²) >= 11 is 0. The molecular weight excluding hydrogens is 198 g/mol. The lowest BCUT2D eigenvalue weighted by atomic mass is 10.2. The van der Waals surface area contributed by atoms with Gasteiger partial charge in [-0.1, -0.05) is 45.9 Å². The third-order valence-corrected chi connectivity index (χ3v) is 1.46. The highest BCUT2D eigenvalue weighted by atomic mass is 16.1. The largest absolute Gasteiger partial charge is 0.350 e. The third kappa shape index (κ3) is 8.04. The smallest absolute Gasteiger partial charge is 0.251 e. The molecule has 0 bridgehead atoms. The van der Waals surface area contributed by atoms with Crippen LogP contribution in [0.4, 0.5) is 0 Å². The summed E-state index contributed by atoms with van der Waals surface area (Å²) in [6.45, 7) is 11.9. The van der Waals surface area contributed by atoms with E-state index in [4.69, 9.17) is 0 Å². The van der Waals surface area contributed by atoms with Gasteiger partial charge in [0.15, 0.2) is 0 Å². The molecule has 0 radical (unpaired) electrons. The number of carbonyl (C=O) groups is 1. The van der Waals surface area contributed by atoms with Gasteiger partial charge in [-0.2, -0.15) is 0 Å². The van der Waals surface area contributed by atoms with E-state index in [2.05, 4.69) is 5.32 Å². The van der Waals surface area contributed by atoms with E-state index in [9.17, 15) is 4.79 Å². The molecule has 0 unspecified atom stereocenters. The number of benzene rings is 1. The molecule has 0 fully saturated rings. The monoisotopic (exact) mass is 223 g/mol. The van der Waals surface area contributed by atoms with Crippen molar-refractivity contribution < 1.29 is 4.79 Å². The van der Waals surface area contributed by atoms with Crippen LogP contribution in [-0.2, 0) is 0 Å². The van der Waals surface area contributed by atoms with E-state index in [0.29, 0.717) is 5.56 Å². The SMILES string of the molecule is CC.CC.CC(C)NC(=O)c1ccccc1. The zero-order valence-corrected chi connectivity index (χ0v) is 11.4. The van der Waals surface area contributed by atoms with E-state index >= 15 is 0 Å². The normalized spacial score (nSPS) is 8.19. The number of nitrogens with one attached hydrogen (secondary N) is 1. The van der Waals surface area contributed by atoms with Crippen LogP contribution in [0.1, 0.15) is 51.9 Å². The van der Waals surface area contributed by atoms with E-state index < -0.39 is 0 Å². The summed E-state index contributed by atoms with van der Waals surface area (Å²) in [5.41, 5.74) is 0.714. The van der Waals surface area contributed by atoms with Crippen molar-refractivity contribution in [3.8, 4) is 0 Å². The maximum absolute atomic E-state index is 11.3. The minimum Gasteiger partial charge on any atom is -0.350 e. The minimum atomic E-state index is -0.00870. The van der Waals surface area contributed by atoms with Crippen molar-refractivity contribution in [1.29, 1.82) is 0 Å². The van der Waals surface area contributed by atoms with Crippen molar-refractivity contribution in [2.45, 2.75) is 47.6 Å². The highest BCUT2D eigenvalue weighted by Crippen LogP contribution is 1.98. The number of hydrogen-bond acceptors (Lipinski definition) is 1. The maximum Gasteiger partial charge on any atom is 0.251 e. The molecule has 16 heavy (non-hydrogen) atoms. The molecular formula is C14H25NO. The molecule has 1 aromatic rings. The van der Waals surface area contributed by atoms with Crippen LogP contribution < -0.4 is 5.32 Å². The highest BCUT2D eigenvalue weighted by molar-refractivity contribution is 5.94. The summed E-state index contributed by atoms with van der Waals surface area (Å²) in [5, 5.41) is 2.82. The van der Waals surface area contributed by atoms with Crippen molar-refractivity contribution in [1.82, 2.24) is 5.32 Å². The number of hydrogen-bond donors (Lipinski definition) is 1. The van der Waals surface area contributed by atoms with Gasteiger partial charge < -0.3 is 5.32 Å². The fourth-order valence-corrected chi connectivity index (χ4v) is 0.935. The Labute approximate surface area is 100 Å². The maximum atomic E-state index is 11.3. The van der Waals surface area contributed by atoms with Gasteiger partial charge in [-0.05, 0) is 26.0 Å². The zero-order valence-electron chi connectivity index (χ0n) is 11.4. The van der Waals surface area contributed by atoms with Crippen molar-refractivity contribution in [2.24, 2.45) is 0 Å². The predicted octanol–water partition coefficient (Wildman–Crippen LogP) is 3.88. The van der Waals surface area contributed by atoms with Gasteiger partial charge in [0.05, 0.1) is 0 Å². The Morgan fingerprint density at radius 3 is 1.81 bits per heavy atom. The third-order valence-electron chi connectivity index (χ3n) is 1.46. The zero-order chi connectivity index (χ0) is 13.0. The first-order chi connectivity index (χ1) is 7.70. The molecule has 0 aromatic heterocycles. The molecule has 0 aliphatic rings. The van der Waals surface area contributed by atoms with Crippen LogP contribution in [-0.4, -0.2) is 11.9 Å². The van der Waals surface area contributed by atoms with Gasteiger partial charge in [-0.15, -0.1) is 0 Å². The van der Waals surface area contributed by atoms with E-state index in [0.717, 1.165) is 0 Å². The molecule has 0 aliphatic heterocycles.